The summed E-state index contributed by atoms with van der Waals surface area (Å²) in [6, 6.07) is 20.0. The van der Waals surface area contributed by atoms with E-state index in [1.807, 2.05) is 56.3 Å². The Labute approximate surface area is 220 Å². The van der Waals surface area contributed by atoms with E-state index >= 15 is 0 Å². The van der Waals surface area contributed by atoms with E-state index in [1.54, 1.807) is 29.2 Å². The van der Waals surface area contributed by atoms with Crippen molar-refractivity contribution in [2.24, 2.45) is 0 Å². The minimum Gasteiger partial charge on any atom is -0.388 e. The smallest absolute Gasteiger partial charge is 0.257 e. The van der Waals surface area contributed by atoms with Crippen LogP contribution in [0.2, 0.25) is 10.0 Å². The van der Waals surface area contributed by atoms with E-state index in [4.69, 9.17) is 32.7 Å². The first-order valence-electron chi connectivity index (χ1n) is 11.8. The lowest BCUT2D eigenvalue weighted by molar-refractivity contribution is -0.172. The zero-order valence-corrected chi connectivity index (χ0v) is 21.6. The van der Waals surface area contributed by atoms with E-state index in [2.05, 4.69) is 6.58 Å². The molecular formula is C29H27Cl2NO4. The van der Waals surface area contributed by atoms with Gasteiger partial charge in [-0.25, -0.2) is 0 Å². The molecule has 1 saturated heterocycles. The van der Waals surface area contributed by atoms with Gasteiger partial charge in [0.05, 0.1) is 19.3 Å². The molecule has 0 saturated carbocycles. The van der Waals surface area contributed by atoms with Crippen LogP contribution in [0.5, 0.6) is 0 Å². The summed E-state index contributed by atoms with van der Waals surface area (Å²) in [7, 11) is 0. The predicted molar refractivity (Wildman–Crippen MR) is 141 cm³/mol. The van der Waals surface area contributed by atoms with Gasteiger partial charge < -0.3 is 14.6 Å². The van der Waals surface area contributed by atoms with Crippen LogP contribution in [0.4, 0.5) is 0 Å². The number of carbonyl (C=O) groups excluding carboxylic acids is 1. The highest BCUT2D eigenvalue weighted by molar-refractivity contribution is 6.30. The second kappa shape index (κ2) is 9.66. The number of hydrogen-bond donors (Lipinski definition) is 1. The van der Waals surface area contributed by atoms with Crippen molar-refractivity contribution < 1.29 is 19.4 Å². The van der Waals surface area contributed by atoms with Crippen LogP contribution < -0.4 is 0 Å². The minimum absolute atomic E-state index is 0.170. The Morgan fingerprint density at radius 2 is 1.72 bits per heavy atom. The molecule has 5 nitrogen and oxygen atoms in total. The fourth-order valence-electron chi connectivity index (χ4n) is 5.04. The lowest BCUT2D eigenvalue weighted by Crippen LogP contribution is -2.51. The molecule has 1 fully saturated rings. The van der Waals surface area contributed by atoms with Crippen molar-refractivity contribution in [1.82, 2.24) is 4.90 Å². The molecule has 4 unspecified atom stereocenters. The molecular weight excluding hydrogens is 497 g/mol. The summed E-state index contributed by atoms with van der Waals surface area (Å²) in [5.74, 6) is -0.182. The highest BCUT2D eigenvalue weighted by Crippen LogP contribution is 2.51. The monoisotopic (exact) mass is 523 g/mol. The summed E-state index contributed by atoms with van der Waals surface area (Å²) in [4.78, 5) is 16.0. The molecule has 2 heterocycles. The maximum Gasteiger partial charge on any atom is 0.257 e. The van der Waals surface area contributed by atoms with E-state index in [1.165, 1.54) is 0 Å². The van der Waals surface area contributed by atoms with Crippen LogP contribution in [0.25, 0.3) is 5.57 Å². The van der Waals surface area contributed by atoms with Crippen molar-refractivity contribution in [2.75, 3.05) is 13.2 Å². The van der Waals surface area contributed by atoms with Gasteiger partial charge in [-0.3, -0.25) is 9.69 Å². The number of benzene rings is 3. The first-order valence-corrected chi connectivity index (χ1v) is 12.6. The third kappa shape index (κ3) is 4.15. The number of fused-ring (bicyclic) bond motifs is 1. The summed E-state index contributed by atoms with van der Waals surface area (Å²) < 4.78 is 12.3. The van der Waals surface area contributed by atoms with Crippen molar-refractivity contribution in [1.29, 1.82) is 0 Å². The second-order valence-corrected chi connectivity index (χ2v) is 10.2. The Balaban J connectivity index is 1.77. The molecule has 0 aromatic heterocycles. The van der Waals surface area contributed by atoms with Crippen molar-refractivity contribution in [3.05, 3.63) is 111 Å². The van der Waals surface area contributed by atoms with Gasteiger partial charge >= 0.3 is 0 Å². The molecule has 4 atom stereocenters. The number of aliphatic hydroxyl groups excluding tert-OH is 1. The molecule has 1 N–H and O–H groups in total. The van der Waals surface area contributed by atoms with Gasteiger partial charge in [0.1, 0.15) is 12.2 Å². The summed E-state index contributed by atoms with van der Waals surface area (Å²) in [6.07, 6.45) is -1.46. The molecule has 1 amide bonds. The van der Waals surface area contributed by atoms with Gasteiger partial charge in [-0.15, -0.1) is 0 Å². The van der Waals surface area contributed by atoms with Crippen LogP contribution in [-0.2, 0) is 15.2 Å². The third-order valence-corrected chi connectivity index (χ3v) is 7.47. The maximum absolute atomic E-state index is 14.2. The van der Waals surface area contributed by atoms with Crippen molar-refractivity contribution >= 4 is 34.7 Å². The number of allylic oxidation sites excluding steroid dienone is 1. The van der Waals surface area contributed by atoms with E-state index in [-0.39, 0.29) is 19.1 Å². The topological polar surface area (TPSA) is 59.0 Å². The molecule has 0 bridgehead atoms. The lowest BCUT2D eigenvalue weighted by Gasteiger charge is -2.44. The number of aliphatic hydroxyl groups is 1. The minimum atomic E-state index is -1.33. The molecule has 36 heavy (non-hydrogen) atoms. The average molecular weight is 524 g/mol. The first kappa shape index (κ1) is 25.0. The first-order chi connectivity index (χ1) is 17.2. The number of carbonyl (C=O) groups is 1. The summed E-state index contributed by atoms with van der Waals surface area (Å²) in [5, 5.41) is 11.8. The number of halogens is 2. The zero-order valence-electron chi connectivity index (χ0n) is 20.1. The van der Waals surface area contributed by atoms with Crippen molar-refractivity contribution in [3.63, 3.8) is 0 Å². The van der Waals surface area contributed by atoms with Crippen molar-refractivity contribution in [3.8, 4) is 0 Å². The fraction of sp³-hybridized carbons (Fsp3) is 0.276. The highest BCUT2D eigenvalue weighted by Gasteiger charge is 2.56. The van der Waals surface area contributed by atoms with Crippen LogP contribution in [0.1, 0.15) is 52.5 Å². The molecule has 3 aromatic rings. The molecule has 5 rings (SSSR count). The van der Waals surface area contributed by atoms with Gasteiger partial charge in [-0.2, -0.15) is 0 Å². The third-order valence-electron chi connectivity index (χ3n) is 6.96. The van der Waals surface area contributed by atoms with Gasteiger partial charge in [-0.05, 0) is 55.3 Å². The largest absolute Gasteiger partial charge is 0.388 e. The summed E-state index contributed by atoms with van der Waals surface area (Å²) in [5.41, 5.74) is 3.24. The predicted octanol–water partition coefficient (Wildman–Crippen LogP) is 6.22. The van der Waals surface area contributed by atoms with Gasteiger partial charge in [-0.1, -0.05) is 71.8 Å². The maximum atomic E-state index is 14.2. The summed E-state index contributed by atoms with van der Waals surface area (Å²) in [6.45, 7) is 8.30. The number of amides is 1. The molecule has 0 aliphatic carbocycles. The lowest BCUT2D eigenvalue weighted by atomic mass is 9.90. The standard InChI is InChI=1S/C29H27Cl2NO4/c1-17(2)20-6-13-25-24(14-20)28(34)32(18(3)19-4-9-22(30)10-5-19)29(25,21-7-11-23(31)12-8-21)36-27-16-35-15-26(27)33/h4-14,18,26-27,33H,1,15-16H2,2-3H3. The summed E-state index contributed by atoms with van der Waals surface area (Å²) >= 11 is 12.4. The number of rotatable bonds is 6. The number of nitrogens with zero attached hydrogens (tertiary/aromatic N) is 1. The van der Waals surface area contributed by atoms with Crippen LogP contribution in [0.15, 0.2) is 73.3 Å². The SMILES string of the molecule is C=C(C)c1ccc2c(c1)C(=O)N(C(C)c1ccc(Cl)cc1)C2(OC1COCC1O)c1ccc(Cl)cc1. The van der Waals surface area contributed by atoms with Gasteiger partial charge in [0, 0.05) is 26.7 Å². The molecule has 7 heteroatoms. The number of hydrogen-bond acceptors (Lipinski definition) is 4. The van der Waals surface area contributed by atoms with E-state index in [0.29, 0.717) is 21.2 Å². The molecule has 3 aromatic carbocycles. The van der Waals surface area contributed by atoms with Crippen LogP contribution >= 0.6 is 23.2 Å². The Kier molecular flexibility index (Phi) is 6.70. The van der Waals surface area contributed by atoms with Gasteiger partial charge in [0.15, 0.2) is 5.72 Å². The van der Waals surface area contributed by atoms with Crippen LogP contribution in [0, 0.1) is 0 Å². The highest BCUT2D eigenvalue weighted by atomic mass is 35.5. The normalized spacial score (nSPS) is 24.1. The van der Waals surface area contributed by atoms with E-state index in [9.17, 15) is 9.90 Å². The zero-order chi connectivity index (χ0) is 25.6. The van der Waals surface area contributed by atoms with E-state index < -0.39 is 24.0 Å². The Morgan fingerprint density at radius 1 is 1.08 bits per heavy atom. The van der Waals surface area contributed by atoms with Crippen molar-refractivity contribution in [2.45, 2.75) is 37.8 Å². The number of ether oxygens (including phenoxy) is 2. The molecule has 186 valence electrons. The molecule has 2 aliphatic rings. The fourth-order valence-corrected chi connectivity index (χ4v) is 5.29. The average Bonchev–Trinajstić information content (AvgIpc) is 3.38. The Morgan fingerprint density at radius 3 is 2.31 bits per heavy atom. The van der Waals surface area contributed by atoms with Gasteiger partial charge in [0.2, 0.25) is 0 Å². The Hall–Kier alpha value is -2.67. The van der Waals surface area contributed by atoms with E-state index in [0.717, 1.165) is 22.3 Å². The molecule has 0 spiro atoms. The van der Waals surface area contributed by atoms with Crippen LogP contribution in [0.3, 0.4) is 0 Å². The molecule has 2 aliphatic heterocycles. The Bertz CT molecular complexity index is 1310. The quantitative estimate of drug-likeness (QED) is 0.416. The van der Waals surface area contributed by atoms with Crippen LogP contribution in [-0.4, -0.2) is 41.3 Å². The van der Waals surface area contributed by atoms with Gasteiger partial charge in [0.25, 0.3) is 5.91 Å². The second-order valence-electron chi connectivity index (χ2n) is 9.36. The molecule has 0 radical (unpaired) electrons.